The lowest BCUT2D eigenvalue weighted by Gasteiger charge is -2.07. The maximum atomic E-state index is 12.3. The molecule has 31 heavy (non-hydrogen) atoms. The molecule has 5 nitrogen and oxygen atoms in total. The Morgan fingerprint density at radius 2 is 1.81 bits per heavy atom. The number of aromatic nitrogens is 2. The third-order valence-corrected chi connectivity index (χ3v) is 5.51. The monoisotopic (exact) mass is 453 g/mol. The van der Waals surface area contributed by atoms with Crippen molar-refractivity contribution < 1.29 is 9.53 Å². The number of fused-ring (bicyclic) bond motifs is 1. The predicted molar refractivity (Wildman–Crippen MR) is 126 cm³/mol. The summed E-state index contributed by atoms with van der Waals surface area (Å²) < 4.78 is 5.43. The summed E-state index contributed by atoms with van der Waals surface area (Å²) in [6.45, 7) is 2.17. The first-order chi connectivity index (χ1) is 15.0. The van der Waals surface area contributed by atoms with Crippen LogP contribution in [-0.4, -0.2) is 16.1 Å². The number of carbonyl (C=O) groups excluding carboxylic acids is 1. The van der Waals surface area contributed by atoms with Crippen LogP contribution in [0, 0.1) is 0 Å². The van der Waals surface area contributed by atoms with Crippen molar-refractivity contribution in [2.45, 2.75) is 26.2 Å². The van der Waals surface area contributed by atoms with Crippen molar-refractivity contribution >= 4 is 46.0 Å². The smallest absolute Gasteiger partial charge is 0.410 e. The fourth-order valence-electron chi connectivity index (χ4n) is 3.28. The highest BCUT2D eigenvalue weighted by Crippen LogP contribution is 2.34. The van der Waals surface area contributed by atoms with Gasteiger partial charge in [0.1, 0.15) is 11.6 Å². The molecule has 3 aromatic carbocycles. The van der Waals surface area contributed by atoms with Gasteiger partial charge in [-0.2, -0.15) is 0 Å². The second-order valence-electron chi connectivity index (χ2n) is 7.18. The predicted octanol–water partition coefficient (Wildman–Crippen LogP) is 7.49. The van der Waals surface area contributed by atoms with Crippen molar-refractivity contribution in [3.63, 3.8) is 0 Å². The van der Waals surface area contributed by atoms with Crippen LogP contribution in [0.15, 0.2) is 60.7 Å². The van der Waals surface area contributed by atoms with E-state index in [1.807, 2.05) is 24.3 Å². The van der Waals surface area contributed by atoms with Crippen LogP contribution in [0.1, 0.15) is 25.3 Å². The van der Waals surface area contributed by atoms with Crippen LogP contribution in [0.4, 0.5) is 10.5 Å². The van der Waals surface area contributed by atoms with Gasteiger partial charge < -0.3 is 9.72 Å². The molecule has 0 unspecified atom stereocenters. The fraction of sp³-hybridized carbons (Fsp3) is 0.167. The molecule has 0 saturated carbocycles. The average molecular weight is 454 g/mol. The molecule has 0 radical (unpaired) electrons. The quantitative estimate of drug-likeness (QED) is 0.317. The molecule has 0 atom stereocenters. The number of rotatable bonds is 6. The zero-order valence-electron chi connectivity index (χ0n) is 16.9. The van der Waals surface area contributed by atoms with Gasteiger partial charge in [-0.1, -0.05) is 54.7 Å². The number of benzene rings is 3. The lowest BCUT2D eigenvalue weighted by Crippen LogP contribution is -2.16. The first kappa shape index (κ1) is 21.2. The molecule has 158 valence electrons. The van der Waals surface area contributed by atoms with Gasteiger partial charge in [0.25, 0.3) is 0 Å². The van der Waals surface area contributed by atoms with Gasteiger partial charge in [0.05, 0.1) is 26.6 Å². The normalized spacial score (nSPS) is 10.9. The molecule has 0 aliphatic rings. The number of imidazole rings is 1. The first-order valence-corrected chi connectivity index (χ1v) is 10.8. The van der Waals surface area contributed by atoms with Crippen molar-refractivity contribution in [3.05, 3.63) is 76.3 Å². The molecular weight excluding hydrogens is 433 g/mol. The Kier molecular flexibility index (Phi) is 6.44. The second kappa shape index (κ2) is 9.41. The highest BCUT2D eigenvalue weighted by Gasteiger charge is 2.14. The summed E-state index contributed by atoms with van der Waals surface area (Å²) in [6, 6.07) is 18.3. The van der Waals surface area contributed by atoms with Gasteiger partial charge in [0.2, 0.25) is 0 Å². The van der Waals surface area contributed by atoms with Crippen molar-refractivity contribution in [2.24, 2.45) is 0 Å². The van der Waals surface area contributed by atoms with E-state index < -0.39 is 6.09 Å². The molecule has 0 bridgehead atoms. The van der Waals surface area contributed by atoms with E-state index in [1.54, 1.807) is 36.4 Å². The second-order valence-corrected chi connectivity index (χ2v) is 7.99. The lowest BCUT2D eigenvalue weighted by atomic mass is 10.1. The molecule has 4 rings (SSSR count). The summed E-state index contributed by atoms with van der Waals surface area (Å²) in [5.41, 5.74) is 3.98. The van der Waals surface area contributed by atoms with Crippen LogP contribution in [0.3, 0.4) is 0 Å². The summed E-state index contributed by atoms with van der Waals surface area (Å²) in [4.78, 5) is 20.0. The molecule has 1 amide bonds. The number of hydrogen-bond donors (Lipinski definition) is 2. The molecular formula is C24H21Cl2N3O2. The standard InChI is InChI=1S/C24H21Cl2N3O2/c1-2-3-5-15-8-10-16(11-9-15)27-24(30)31-17-12-13-20-21(14-17)29-23(28-20)22-18(25)6-4-7-19(22)26/h4,6-14H,2-3,5H2,1H3,(H,27,30)(H,28,29). The Hall–Kier alpha value is -3.02. The summed E-state index contributed by atoms with van der Waals surface area (Å²) in [5.74, 6) is 0.945. The van der Waals surface area contributed by atoms with Gasteiger partial charge in [0, 0.05) is 11.8 Å². The maximum Gasteiger partial charge on any atom is 0.417 e. The number of nitrogens with one attached hydrogen (secondary N) is 2. The van der Waals surface area contributed by atoms with Crippen LogP contribution in [0.25, 0.3) is 22.4 Å². The number of hydrogen-bond acceptors (Lipinski definition) is 3. The van der Waals surface area contributed by atoms with E-state index in [-0.39, 0.29) is 0 Å². The van der Waals surface area contributed by atoms with Gasteiger partial charge in [-0.05, 0) is 54.8 Å². The van der Waals surface area contributed by atoms with Crippen molar-refractivity contribution in [3.8, 4) is 17.1 Å². The molecule has 1 heterocycles. The molecule has 4 aromatic rings. The SMILES string of the molecule is CCCCc1ccc(NC(=O)Oc2ccc3nc(-c4c(Cl)cccc4Cl)[nH]c3c2)cc1. The minimum atomic E-state index is -0.561. The minimum absolute atomic E-state index is 0.394. The average Bonchev–Trinajstić information content (AvgIpc) is 3.16. The van der Waals surface area contributed by atoms with Crippen LogP contribution in [-0.2, 0) is 6.42 Å². The van der Waals surface area contributed by atoms with Crippen molar-refractivity contribution in [1.29, 1.82) is 0 Å². The Bertz CT molecular complexity index is 1200. The number of carbonyl (C=O) groups is 1. The first-order valence-electron chi connectivity index (χ1n) is 10.1. The third kappa shape index (κ3) is 5.01. The van der Waals surface area contributed by atoms with E-state index in [0.717, 1.165) is 19.3 Å². The summed E-state index contributed by atoms with van der Waals surface area (Å²) in [6.07, 6.45) is 2.77. The maximum absolute atomic E-state index is 12.3. The molecule has 0 aliphatic carbocycles. The van der Waals surface area contributed by atoms with Gasteiger partial charge >= 0.3 is 6.09 Å². The van der Waals surface area contributed by atoms with Crippen LogP contribution < -0.4 is 10.1 Å². The molecule has 1 aromatic heterocycles. The Balaban J connectivity index is 1.47. The zero-order valence-corrected chi connectivity index (χ0v) is 18.4. The largest absolute Gasteiger partial charge is 0.417 e. The Morgan fingerprint density at radius 1 is 1.06 bits per heavy atom. The van der Waals surface area contributed by atoms with Gasteiger partial charge in [-0.15, -0.1) is 0 Å². The van der Waals surface area contributed by atoms with E-state index >= 15 is 0 Å². The molecule has 0 fully saturated rings. The molecule has 7 heteroatoms. The topological polar surface area (TPSA) is 67.0 Å². The number of ether oxygens (including phenoxy) is 1. The molecule has 2 N–H and O–H groups in total. The third-order valence-electron chi connectivity index (χ3n) is 4.88. The highest BCUT2D eigenvalue weighted by atomic mass is 35.5. The number of H-pyrrole nitrogens is 1. The van der Waals surface area contributed by atoms with E-state index in [2.05, 4.69) is 22.2 Å². The lowest BCUT2D eigenvalue weighted by molar-refractivity contribution is 0.215. The molecule has 0 aliphatic heterocycles. The number of amides is 1. The number of unbranched alkanes of at least 4 members (excludes halogenated alkanes) is 1. The van der Waals surface area contributed by atoms with E-state index in [4.69, 9.17) is 27.9 Å². The van der Waals surface area contributed by atoms with Crippen LogP contribution in [0.2, 0.25) is 10.0 Å². The number of aromatic amines is 1. The van der Waals surface area contributed by atoms with E-state index in [0.29, 0.717) is 43.9 Å². The van der Waals surface area contributed by atoms with Crippen LogP contribution >= 0.6 is 23.2 Å². The van der Waals surface area contributed by atoms with Crippen LogP contribution in [0.5, 0.6) is 5.75 Å². The molecule has 0 saturated heterocycles. The number of anilines is 1. The Labute approximate surface area is 190 Å². The van der Waals surface area contributed by atoms with Gasteiger partial charge in [-0.25, -0.2) is 9.78 Å². The van der Waals surface area contributed by atoms with Gasteiger partial charge in [-0.3, -0.25) is 5.32 Å². The molecule has 0 spiro atoms. The van der Waals surface area contributed by atoms with Crippen molar-refractivity contribution in [1.82, 2.24) is 9.97 Å². The minimum Gasteiger partial charge on any atom is -0.410 e. The number of nitrogens with zero attached hydrogens (tertiary/aromatic N) is 1. The highest BCUT2D eigenvalue weighted by molar-refractivity contribution is 6.39. The van der Waals surface area contributed by atoms with Crippen molar-refractivity contribution in [2.75, 3.05) is 5.32 Å². The number of aryl methyl sites for hydroxylation is 1. The zero-order chi connectivity index (χ0) is 21.8. The summed E-state index contributed by atoms with van der Waals surface area (Å²) >= 11 is 12.6. The van der Waals surface area contributed by atoms with Gasteiger partial charge in [0.15, 0.2) is 0 Å². The number of halogens is 2. The fourth-order valence-corrected chi connectivity index (χ4v) is 3.86. The van der Waals surface area contributed by atoms with E-state index in [9.17, 15) is 4.79 Å². The summed E-state index contributed by atoms with van der Waals surface area (Å²) in [7, 11) is 0. The Morgan fingerprint density at radius 3 is 2.52 bits per heavy atom. The summed E-state index contributed by atoms with van der Waals surface area (Å²) in [5, 5.41) is 3.75. The van der Waals surface area contributed by atoms with E-state index in [1.165, 1.54) is 5.56 Å².